The second-order valence-electron chi connectivity index (χ2n) is 4.28. The third kappa shape index (κ3) is 3.44. The lowest BCUT2D eigenvalue weighted by Crippen LogP contribution is -2.38. The highest BCUT2D eigenvalue weighted by molar-refractivity contribution is 5.89. The number of nitrogens with zero attached hydrogens (tertiary/aromatic N) is 1. The average Bonchev–Trinajstić information content (AvgIpc) is 2.73. The topological polar surface area (TPSA) is 53.4 Å². The molecule has 1 aliphatic rings. The molecule has 4 nitrogen and oxygen atoms in total. The quantitative estimate of drug-likeness (QED) is 0.868. The van der Waals surface area contributed by atoms with Crippen molar-refractivity contribution in [3.05, 3.63) is 35.6 Å². The molecule has 2 rings (SSSR count). The fourth-order valence-corrected chi connectivity index (χ4v) is 2.13. The van der Waals surface area contributed by atoms with Gasteiger partial charge in [-0.3, -0.25) is 5.41 Å². The fourth-order valence-electron chi connectivity index (χ4n) is 2.13. The molecule has 1 aromatic carbocycles. The highest BCUT2D eigenvalue weighted by Gasteiger charge is 2.34. The van der Waals surface area contributed by atoms with E-state index < -0.39 is 6.04 Å². The van der Waals surface area contributed by atoms with E-state index in [1.54, 1.807) is 17.0 Å². The number of esters is 1. The van der Waals surface area contributed by atoms with Crippen molar-refractivity contribution in [2.24, 2.45) is 0 Å². The van der Waals surface area contributed by atoms with Crippen molar-refractivity contribution in [1.29, 1.82) is 5.41 Å². The van der Waals surface area contributed by atoms with Gasteiger partial charge in [-0.2, -0.15) is 0 Å². The standard InChI is InChI=1S/C13H15FN2O2.ClH/c1-18-13(17)11-6-7-12(15)16(11)8-9-2-4-10(14)5-3-9;/h2-5,11,15H,6-8H2,1H3;1H. The number of benzene rings is 1. The van der Waals surface area contributed by atoms with Gasteiger partial charge in [0.05, 0.1) is 12.9 Å². The van der Waals surface area contributed by atoms with Crippen LogP contribution in [0.1, 0.15) is 18.4 Å². The molecule has 1 saturated heterocycles. The van der Waals surface area contributed by atoms with Gasteiger partial charge < -0.3 is 9.64 Å². The van der Waals surface area contributed by atoms with Crippen LogP contribution in [-0.2, 0) is 16.1 Å². The Bertz CT molecular complexity index is 464. The largest absolute Gasteiger partial charge is 0.467 e. The first-order valence-corrected chi connectivity index (χ1v) is 5.78. The zero-order valence-corrected chi connectivity index (χ0v) is 11.4. The smallest absolute Gasteiger partial charge is 0.328 e. The second-order valence-corrected chi connectivity index (χ2v) is 4.28. The Morgan fingerprint density at radius 3 is 2.68 bits per heavy atom. The first-order valence-electron chi connectivity index (χ1n) is 5.78. The number of carbonyl (C=O) groups is 1. The van der Waals surface area contributed by atoms with Gasteiger partial charge in [0, 0.05) is 13.0 Å². The van der Waals surface area contributed by atoms with E-state index in [-0.39, 0.29) is 24.2 Å². The van der Waals surface area contributed by atoms with Crippen molar-refractivity contribution in [3.63, 3.8) is 0 Å². The number of carbonyl (C=O) groups excluding carboxylic acids is 1. The Balaban J connectivity index is 0.00000180. The zero-order chi connectivity index (χ0) is 13.1. The van der Waals surface area contributed by atoms with Gasteiger partial charge >= 0.3 is 5.97 Å². The number of methoxy groups -OCH3 is 1. The molecule has 104 valence electrons. The molecule has 19 heavy (non-hydrogen) atoms. The fraction of sp³-hybridized carbons (Fsp3) is 0.385. The van der Waals surface area contributed by atoms with Gasteiger partial charge in [-0.1, -0.05) is 12.1 Å². The van der Waals surface area contributed by atoms with Gasteiger partial charge in [0.15, 0.2) is 0 Å². The molecule has 1 heterocycles. The summed E-state index contributed by atoms with van der Waals surface area (Å²) >= 11 is 0. The zero-order valence-electron chi connectivity index (χ0n) is 10.6. The molecule has 0 aliphatic carbocycles. The van der Waals surface area contributed by atoms with Crippen LogP contribution in [0.2, 0.25) is 0 Å². The number of amidine groups is 1. The Kier molecular flexibility index (Phi) is 5.30. The molecule has 0 amide bonds. The van der Waals surface area contributed by atoms with Gasteiger partial charge in [-0.05, 0) is 24.1 Å². The molecule has 1 unspecified atom stereocenters. The summed E-state index contributed by atoms with van der Waals surface area (Å²) in [5.74, 6) is -0.186. The van der Waals surface area contributed by atoms with E-state index >= 15 is 0 Å². The van der Waals surface area contributed by atoms with Crippen molar-refractivity contribution in [2.75, 3.05) is 7.11 Å². The van der Waals surface area contributed by atoms with Crippen molar-refractivity contribution in [3.8, 4) is 0 Å². The van der Waals surface area contributed by atoms with Gasteiger partial charge in [-0.25, -0.2) is 9.18 Å². The summed E-state index contributed by atoms with van der Waals surface area (Å²) in [5.41, 5.74) is 0.872. The number of hydrogen-bond acceptors (Lipinski definition) is 3. The van der Waals surface area contributed by atoms with E-state index in [2.05, 4.69) is 0 Å². The van der Waals surface area contributed by atoms with Crippen LogP contribution >= 0.6 is 12.4 Å². The predicted molar refractivity (Wildman–Crippen MR) is 72.0 cm³/mol. The monoisotopic (exact) mass is 286 g/mol. The second kappa shape index (κ2) is 6.52. The van der Waals surface area contributed by atoms with E-state index in [9.17, 15) is 9.18 Å². The minimum atomic E-state index is -0.396. The summed E-state index contributed by atoms with van der Waals surface area (Å²) in [5, 5.41) is 7.84. The maximum atomic E-state index is 12.8. The number of ether oxygens (including phenoxy) is 1. The molecule has 1 aromatic rings. The molecule has 0 bridgehead atoms. The van der Waals surface area contributed by atoms with Crippen LogP contribution in [0, 0.1) is 11.2 Å². The van der Waals surface area contributed by atoms with Crippen molar-refractivity contribution in [1.82, 2.24) is 4.90 Å². The number of halogens is 2. The van der Waals surface area contributed by atoms with E-state index in [1.165, 1.54) is 19.2 Å². The summed E-state index contributed by atoms with van der Waals surface area (Å²) in [6.45, 7) is 0.429. The Labute approximate surface area is 117 Å². The van der Waals surface area contributed by atoms with Crippen molar-refractivity contribution >= 4 is 24.2 Å². The lowest BCUT2D eigenvalue weighted by Gasteiger charge is -2.24. The Morgan fingerprint density at radius 2 is 2.11 bits per heavy atom. The molecule has 1 aliphatic heterocycles. The minimum absolute atomic E-state index is 0. The summed E-state index contributed by atoms with van der Waals surface area (Å²) in [4.78, 5) is 13.3. The van der Waals surface area contributed by atoms with Crippen LogP contribution in [0.3, 0.4) is 0 Å². The maximum Gasteiger partial charge on any atom is 0.328 e. The summed E-state index contributed by atoms with van der Waals surface area (Å²) in [6, 6.07) is 5.68. The summed E-state index contributed by atoms with van der Waals surface area (Å²) in [7, 11) is 1.35. The lowest BCUT2D eigenvalue weighted by atomic mass is 10.2. The summed E-state index contributed by atoms with van der Waals surface area (Å²) in [6.07, 6.45) is 1.17. The number of nitrogens with one attached hydrogen (secondary N) is 1. The lowest BCUT2D eigenvalue weighted by molar-refractivity contribution is -0.145. The first-order chi connectivity index (χ1) is 8.61. The highest BCUT2D eigenvalue weighted by Crippen LogP contribution is 2.22. The number of rotatable bonds is 3. The average molecular weight is 287 g/mol. The maximum absolute atomic E-state index is 12.8. The van der Waals surface area contributed by atoms with Crippen LogP contribution in [0.5, 0.6) is 0 Å². The van der Waals surface area contributed by atoms with Crippen molar-refractivity contribution < 1.29 is 13.9 Å². The third-order valence-corrected chi connectivity index (χ3v) is 3.12. The van der Waals surface area contributed by atoms with Crippen LogP contribution in [-0.4, -0.2) is 29.9 Å². The van der Waals surface area contributed by atoms with Gasteiger partial charge in [0.1, 0.15) is 11.9 Å². The molecule has 0 radical (unpaired) electrons. The summed E-state index contributed by atoms with van der Waals surface area (Å²) < 4.78 is 17.5. The molecule has 1 fully saturated rings. The molecular weight excluding hydrogens is 271 g/mol. The van der Waals surface area contributed by atoms with Gasteiger partial charge in [0.2, 0.25) is 0 Å². The highest BCUT2D eigenvalue weighted by atomic mass is 35.5. The van der Waals surface area contributed by atoms with E-state index in [1.807, 2.05) is 0 Å². The molecule has 0 aromatic heterocycles. The first kappa shape index (κ1) is 15.4. The minimum Gasteiger partial charge on any atom is -0.467 e. The molecule has 0 saturated carbocycles. The molecule has 0 spiro atoms. The molecule has 1 atom stereocenters. The molecular formula is C13H16ClFN2O2. The number of hydrogen-bond donors (Lipinski definition) is 1. The molecule has 6 heteroatoms. The van der Waals surface area contributed by atoms with Crippen LogP contribution < -0.4 is 0 Å². The van der Waals surface area contributed by atoms with E-state index in [4.69, 9.17) is 10.1 Å². The van der Waals surface area contributed by atoms with Crippen molar-refractivity contribution in [2.45, 2.75) is 25.4 Å². The molecule has 1 N–H and O–H groups in total. The Hall–Kier alpha value is -1.62. The third-order valence-electron chi connectivity index (χ3n) is 3.12. The Morgan fingerprint density at radius 1 is 1.47 bits per heavy atom. The number of likely N-dealkylation sites (tertiary alicyclic amines) is 1. The van der Waals surface area contributed by atoms with Gasteiger partial charge in [0.25, 0.3) is 0 Å². The van der Waals surface area contributed by atoms with E-state index in [0.717, 1.165) is 5.56 Å². The SMILES string of the molecule is COC(=O)C1CCC(=N)N1Cc1ccc(F)cc1.Cl. The van der Waals surface area contributed by atoms with Crippen LogP contribution in [0.4, 0.5) is 4.39 Å². The van der Waals surface area contributed by atoms with Crippen LogP contribution in [0.15, 0.2) is 24.3 Å². The van der Waals surface area contributed by atoms with Gasteiger partial charge in [-0.15, -0.1) is 12.4 Å². The van der Waals surface area contributed by atoms with Crippen LogP contribution in [0.25, 0.3) is 0 Å². The van der Waals surface area contributed by atoms with E-state index in [0.29, 0.717) is 25.2 Å². The normalized spacial score (nSPS) is 18.1. The predicted octanol–water partition coefficient (Wildman–Crippen LogP) is 2.36.